The molecule has 0 atom stereocenters. The van der Waals surface area contributed by atoms with Crippen LogP contribution in [0.1, 0.15) is 46.5 Å². The molecule has 2 N–H and O–H groups in total. The first-order chi connectivity index (χ1) is 15.3. The van der Waals surface area contributed by atoms with Gasteiger partial charge in [0, 0.05) is 22.5 Å². The molecule has 6 heteroatoms. The molecule has 3 rings (SSSR count). The number of halogens is 1. The highest BCUT2D eigenvalue weighted by Crippen LogP contribution is 2.27. The number of aryl methyl sites for hydroxylation is 1. The second kappa shape index (κ2) is 11.0. The Kier molecular flexibility index (Phi) is 8.06. The number of hydrogen-bond donors (Lipinski definition) is 2. The number of carbonyl (C=O) groups is 2. The maximum absolute atomic E-state index is 12.6. The van der Waals surface area contributed by atoms with Crippen LogP contribution in [0, 0.1) is 12.8 Å². The van der Waals surface area contributed by atoms with Gasteiger partial charge in [-0.2, -0.15) is 0 Å². The van der Waals surface area contributed by atoms with E-state index in [1.54, 1.807) is 48.5 Å². The summed E-state index contributed by atoms with van der Waals surface area (Å²) in [4.78, 5) is 25.0. The minimum atomic E-state index is -0.226. The molecule has 3 aromatic carbocycles. The zero-order chi connectivity index (χ0) is 23.1. The van der Waals surface area contributed by atoms with Gasteiger partial charge in [-0.25, -0.2) is 0 Å². The number of carbonyl (C=O) groups excluding carboxylic acids is 2. The van der Waals surface area contributed by atoms with E-state index in [2.05, 4.69) is 40.4 Å². The van der Waals surface area contributed by atoms with E-state index in [9.17, 15) is 9.59 Å². The summed E-state index contributed by atoms with van der Waals surface area (Å²) in [5, 5.41) is 5.73. The average molecular weight is 495 g/mol. The molecule has 166 valence electrons. The zero-order valence-corrected chi connectivity index (χ0v) is 20.0. The highest BCUT2D eigenvalue weighted by Gasteiger charge is 2.11. The number of amides is 2. The van der Waals surface area contributed by atoms with Gasteiger partial charge >= 0.3 is 0 Å². The number of anilines is 2. The number of ether oxygens (including phenoxy) is 1. The molecule has 0 aromatic heterocycles. The molecule has 0 fully saturated rings. The zero-order valence-electron chi connectivity index (χ0n) is 18.4. The van der Waals surface area contributed by atoms with Crippen molar-refractivity contribution in [1.29, 1.82) is 0 Å². The fourth-order valence-electron chi connectivity index (χ4n) is 2.99. The van der Waals surface area contributed by atoms with Crippen molar-refractivity contribution in [1.82, 2.24) is 0 Å². The standard InChI is InChI=1S/C26H27BrN2O3/c1-17(2)13-14-32-24-12-7-20(16-23(24)27)26(31)29-22-10-8-21(9-11-22)28-25(30)19-6-4-5-18(3)15-19/h4-12,15-17H,13-14H2,1-3H3,(H,28,30)(H,29,31). The van der Waals surface area contributed by atoms with Crippen molar-refractivity contribution in [2.45, 2.75) is 27.2 Å². The molecule has 0 saturated carbocycles. The van der Waals surface area contributed by atoms with Crippen LogP contribution in [0.2, 0.25) is 0 Å². The fraction of sp³-hybridized carbons (Fsp3) is 0.231. The number of nitrogens with one attached hydrogen (secondary N) is 2. The van der Waals surface area contributed by atoms with Crippen LogP contribution in [-0.4, -0.2) is 18.4 Å². The summed E-state index contributed by atoms with van der Waals surface area (Å²) in [5.74, 6) is 0.888. The second-order valence-electron chi connectivity index (χ2n) is 8.03. The van der Waals surface area contributed by atoms with Gasteiger partial charge in [-0.3, -0.25) is 9.59 Å². The Balaban J connectivity index is 1.58. The van der Waals surface area contributed by atoms with Crippen molar-refractivity contribution in [2.75, 3.05) is 17.2 Å². The lowest BCUT2D eigenvalue weighted by Gasteiger charge is -2.11. The Morgan fingerprint density at radius 3 is 2.00 bits per heavy atom. The topological polar surface area (TPSA) is 67.4 Å². The van der Waals surface area contributed by atoms with Crippen LogP contribution >= 0.6 is 15.9 Å². The lowest BCUT2D eigenvalue weighted by atomic mass is 10.1. The second-order valence-corrected chi connectivity index (χ2v) is 8.89. The van der Waals surface area contributed by atoms with Gasteiger partial charge < -0.3 is 15.4 Å². The Morgan fingerprint density at radius 2 is 1.47 bits per heavy atom. The first-order valence-corrected chi connectivity index (χ1v) is 11.3. The van der Waals surface area contributed by atoms with Crippen LogP contribution in [-0.2, 0) is 0 Å². The Hall–Kier alpha value is -3.12. The summed E-state index contributed by atoms with van der Waals surface area (Å²) in [7, 11) is 0. The summed E-state index contributed by atoms with van der Waals surface area (Å²) < 4.78 is 6.51. The van der Waals surface area contributed by atoms with E-state index in [0.29, 0.717) is 35.0 Å². The lowest BCUT2D eigenvalue weighted by molar-refractivity contribution is 0.101. The number of hydrogen-bond acceptors (Lipinski definition) is 3. The molecule has 0 saturated heterocycles. The maximum Gasteiger partial charge on any atom is 0.255 e. The average Bonchev–Trinajstić information content (AvgIpc) is 2.76. The first-order valence-electron chi connectivity index (χ1n) is 10.5. The van der Waals surface area contributed by atoms with Crippen molar-refractivity contribution in [3.63, 3.8) is 0 Å². The molecule has 0 aliphatic carbocycles. The summed E-state index contributed by atoms with van der Waals surface area (Å²) >= 11 is 3.48. The van der Waals surface area contributed by atoms with Crippen LogP contribution in [0.5, 0.6) is 5.75 Å². The van der Waals surface area contributed by atoms with Gasteiger partial charge in [-0.15, -0.1) is 0 Å². The van der Waals surface area contributed by atoms with Gasteiger partial charge in [-0.05, 0) is 89.8 Å². The summed E-state index contributed by atoms with van der Waals surface area (Å²) in [6.07, 6.45) is 0.968. The van der Waals surface area contributed by atoms with Crippen LogP contribution in [0.15, 0.2) is 71.2 Å². The molecule has 2 amide bonds. The molecule has 0 bridgehead atoms. The molecule has 32 heavy (non-hydrogen) atoms. The van der Waals surface area contributed by atoms with Gasteiger partial charge in [0.05, 0.1) is 11.1 Å². The van der Waals surface area contributed by atoms with Crippen molar-refractivity contribution in [3.8, 4) is 5.75 Å². The Labute approximate surface area is 197 Å². The predicted octanol–water partition coefficient (Wildman–Crippen LogP) is 6.69. The normalized spacial score (nSPS) is 10.7. The van der Waals surface area contributed by atoms with Gasteiger partial charge in [0.15, 0.2) is 0 Å². The first kappa shape index (κ1) is 23.5. The summed E-state index contributed by atoms with van der Waals surface area (Å²) in [6, 6.07) is 19.7. The van der Waals surface area contributed by atoms with Crippen LogP contribution < -0.4 is 15.4 Å². The molecule has 3 aromatic rings. The van der Waals surface area contributed by atoms with E-state index in [-0.39, 0.29) is 11.8 Å². The predicted molar refractivity (Wildman–Crippen MR) is 133 cm³/mol. The highest BCUT2D eigenvalue weighted by molar-refractivity contribution is 9.10. The van der Waals surface area contributed by atoms with E-state index in [0.717, 1.165) is 22.2 Å². The minimum absolute atomic E-state index is 0.175. The van der Waals surface area contributed by atoms with Gasteiger partial charge in [0.1, 0.15) is 5.75 Å². The van der Waals surface area contributed by atoms with Crippen molar-refractivity contribution >= 4 is 39.1 Å². The Morgan fingerprint density at radius 1 is 0.875 bits per heavy atom. The van der Waals surface area contributed by atoms with E-state index < -0.39 is 0 Å². The van der Waals surface area contributed by atoms with E-state index in [1.165, 1.54) is 0 Å². The van der Waals surface area contributed by atoms with E-state index in [4.69, 9.17) is 4.74 Å². The molecule has 0 aliphatic rings. The largest absolute Gasteiger partial charge is 0.492 e. The third-order valence-electron chi connectivity index (χ3n) is 4.83. The summed E-state index contributed by atoms with van der Waals surface area (Å²) in [6.45, 7) is 6.88. The maximum atomic E-state index is 12.6. The quantitative estimate of drug-likeness (QED) is 0.366. The minimum Gasteiger partial charge on any atom is -0.492 e. The molecule has 0 heterocycles. The van der Waals surface area contributed by atoms with Crippen LogP contribution in [0.25, 0.3) is 0 Å². The molecule has 0 radical (unpaired) electrons. The molecule has 5 nitrogen and oxygen atoms in total. The van der Waals surface area contributed by atoms with E-state index in [1.807, 2.05) is 25.1 Å². The third-order valence-corrected chi connectivity index (χ3v) is 5.45. The molecular formula is C26H27BrN2O3. The monoisotopic (exact) mass is 494 g/mol. The fourth-order valence-corrected chi connectivity index (χ4v) is 3.49. The van der Waals surface area contributed by atoms with Crippen LogP contribution in [0.4, 0.5) is 11.4 Å². The molecular weight excluding hydrogens is 468 g/mol. The third kappa shape index (κ3) is 6.69. The van der Waals surface area contributed by atoms with Crippen molar-refractivity contribution in [3.05, 3.63) is 87.9 Å². The van der Waals surface area contributed by atoms with Crippen molar-refractivity contribution < 1.29 is 14.3 Å². The number of benzene rings is 3. The smallest absolute Gasteiger partial charge is 0.255 e. The molecule has 0 aliphatic heterocycles. The molecule has 0 unspecified atom stereocenters. The number of rotatable bonds is 8. The van der Waals surface area contributed by atoms with Gasteiger partial charge in [0.25, 0.3) is 11.8 Å². The van der Waals surface area contributed by atoms with Crippen molar-refractivity contribution in [2.24, 2.45) is 5.92 Å². The lowest BCUT2D eigenvalue weighted by Crippen LogP contribution is -2.13. The van der Waals surface area contributed by atoms with Gasteiger partial charge in [-0.1, -0.05) is 31.5 Å². The van der Waals surface area contributed by atoms with Gasteiger partial charge in [0.2, 0.25) is 0 Å². The van der Waals surface area contributed by atoms with E-state index >= 15 is 0 Å². The molecule has 0 spiro atoms. The summed E-state index contributed by atoms with van der Waals surface area (Å²) in [5.41, 5.74) is 3.43. The highest BCUT2D eigenvalue weighted by atomic mass is 79.9. The Bertz CT molecular complexity index is 1090. The SMILES string of the molecule is Cc1cccc(C(=O)Nc2ccc(NC(=O)c3ccc(OCCC(C)C)c(Br)c3)cc2)c1. The van der Waals surface area contributed by atoms with Crippen LogP contribution in [0.3, 0.4) is 0 Å².